The minimum absolute atomic E-state index is 0.696. The molecule has 0 bridgehead atoms. The number of hydrogen-bond donors (Lipinski definition) is 1. The molecule has 29 heavy (non-hydrogen) atoms. The minimum Gasteiger partial charge on any atom is -0.481 e. The van der Waals surface area contributed by atoms with Gasteiger partial charge in [0.2, 0.25) is 11.8 Å². The van der Waals surface area contributed by atoms with E-state index in [-0.39, 0.29) is 0 Å². The van der Waals surface area contributed by atoms with Crippen LogP contribution in [-0.4, -0.2) is 64.4 Å². The van der Waals surface area contributed by atoms with E-state index >= 15 is 0 Å². The average molecular weight is 414 g/mol. The molecule has 1 aliphatic heterocycles. The normalized spacial score (nSPS) is 14.1. The van der Waals surface area contributed by atoms with Crippen molar-refractivity contribution >= 4 is 5.97 Å². The van der Waals surface area contributed by atoms with Crippen molar-refractivity contribution in [1.29, 1.82) is 0 Å². The van der Waals surface area contributed by atoms with Crippen LogP contribution in [0.5, 0.6) is 11.8 Å². The Morgan fingerprint density at radius 3 is 2.41 bits per heavy atom. The van der Waals surface area contributed by atoms with Gasteiger partial charge >= 0.3 is 12.1 Å². The largest absolute Gasteiger partial charge is 0.490 e. The molecule has 3 heterocycles. The molecule has 0 amide bonds. The van der Waals surface area contributed by atoms with Crippen molar-refractivity contribution in [1.82, 2.24) is 19.9 Å². The second kappa shape index (κ2) is 10.0. The number of carboxylic acid groups (broad SMARTS) is 1. The van der Waals surface area contributed by atoms with Gasteiger partial charge in [0.15, 0.2) is 0 Å². The second-order valence-corrected chi connectivity index (χ2v) is 6.06. The lowest BCUT2D eigenvalue weighted by atomic mass is 10.1. The lowest BCUT2D eigenvalue weighted by Crippen LogP contribution is -2.26. The number of nitrogens with zero attached hydrogens (tertiary/aromatic N) is 4. The lowest BCUT2D eigenvalue weighted by molar-refractivity contribution is -0.192. The van der Waals surface area contributed by atoms with E-state index in [1.807, 2.05) is 6.07 Å². The van der Waals surface area contributed by atoms with Crippen LogP contribution in [0.2, 0.25) is 0 Å². The first-order valence-corrected chi connectivity index (χ1v) is 8.63. The maximum absolute atomic E-state index is 10.6. The molecule has 0 fully saturated rings. The Balaban J connectivity index is 0.000000370. The molecular formula is C18H21F3N4O4. The van der Waals surface area contributed by atoms with E-state index in [0.717, 1.165) is 49.3 Å². The van der Waals surface area contributed by atoms with Crippen LogP contribution in [0, 0.1) is 0 Å². The Labute approximate surface area is 165 Å². The summed E-state index contributed by atoms with van der Waals surface area (Å²) in [6.07, 6.45) is 0.0389. The lowest BCUT2D eigenvalue weighted by Gasteiger charge is -2.20. The molecule has 11 heteroatoms. The van der Waals surface area contributed by atoms with Gasteiger partial charge in [-0.1, -0.05) is 6.07 Å². The number of halogens is 3. The number of rotatable bonds is 4. The van der Waals surface area contributed by atoms with Gasteiger partial charge in [0.25, 0.3) is 0 Å². The Bertz CT molecular complexity index is 833. The number of pyridine rings is 1. The molecule has 158 valence electrons. The fraction of sp³-hybridized carbons (Fsp3) is 0.444. The Morgan fingerprint density at radius 2 is 1.79 bits per heavy atom. The van der Waals surface area contributed by atoms with Gasteiger partial charge in [0, 0.05) is 43.4 Å². The summed E-state index contributed by atoms with van der Waals surface area (Å²) in [4.78, 5) is 24.2. The van der Waals surface area contributed by atoms with E-state index < -0.39 is 12.1 Å². The number of carbonyl (C=O) groups is 1. The molecule has 0 atom stereocenters. The highest BCUT2D eigenvalue weighted by Crippen LogP contribution is 2.23. The molecular weight excluding hydrogens is 393 g/mol. The van der Waals surface area contributed by atoms with E-state index in [4.69, 9.17) is 19.4 Å². The van der Waals surface area contributed by atoms with Crippen molar-refractivity contribution in [3.8, 4) is 11.8 Å². The van der Waals surface area contributed by atoms with Crippen molar-refractivity contribution in [3.63, 3.8) is 0 Å². The first-order valence-electron chi connectivity index (χ1n) is 8.63. The molecule has 0 saturated carbocycles. The Hall–Kier alpha value is -2.95. The van der Waals surface area contributed by atoms with Gasteiger partial charge in [0.05, 0.1) is 19.9 Å². The highest BCUT2D eigenvalue weighted by molar-refractivity contribution is 5.73. The zero-order chi connectivity index (χ0) is 21.4. The van der Waals surface area contributed by atoms with Crippen molar-refractivity contribution in [2.24, 2.45) is 0 Å². The van der Waals surface area contributed by atoms with Gasteiger partial charge in [0.1, 0.15) is 6.33 Å². The number of fused-ring (bicyclic) bond motifs is 1. The third-order valence-corrected chi connectivity index (χ3v) is 4.21. The molecule has 0 aliphatic carbocycles. The van der Waals surface area contributed by atoms with Crippen LogP contribution >= 0.6 is 0 Å². The third-order valence-electron chi connectivity index (χ3n) is 4.21. The van der Waals surface area contributed by atoms with Crippen LogP contribution in [0.25, 0.3) is 0 Å². The standard InChI is InChI=1S/C16H20N4O2.C2HF3O2/c1-21-15-12(4-3-7-17-15)10-20-8-5-13-14(6-9-20)18-11-19-16(13)22-2;3-2(4,5)1(6)7/h3-4,7,11H,5-6,8-10H2,1-2H3;(H,6,7). The molecule has 2 aromatic rings. The third kappa shape index (κ3) is 6.28. The number of hydrogen-bond acceptors (Lipinski definition) is 7. The summed E-state index contributed by atoms with van der Waals surface area (Å²) in [5, 5.41) is 7.12. The SMILES string of the molecule is COc1ncccc1CN1CCc2ncnc(OC)c2CC1.O=C(O)C(F)(F)F. The van der Waals surface area contributed by atoms with Crippen LogP contribution < -0.4 is 9.47 Å². The van der Waals surface area contributed by atoms with Gasteiger partial charge < -0.3 is 14.6 Å². The quantitative estimate of drug-likeness (QED) is 0.813. The number of alkyl halides is 3. The molecule has 8 nitrogen and oxygen atoms in total. The number of aromatic nitrogens is 3. The molecule has 0 radical (unpaired) electrons. The average Bonchev–Trinajstić information content (AvgIpc) is 2.90. The van der Waals surface area contributed by atoms with Crippen LogP contribution in [0.3, 0.4) is 0 Å². The maximum Gasteiger partial charge on any atom is 0.490 e. The summed E-state index contributed by atoms with van der Waals surface area (Å²) in [6.45, 7) is 2.71. The number of carboxylic acids is 1. The molecule has 3 rings (SSSR count). The summed E-state index contributed by atoms with van der Waals surface area (Å²) in [5.74, 6) is -1.36. The molecule has 0 unspecified atom stereocenters. The number of aliphatic carboxylic acids is 1. The monoisotopic (exact) mass is 414 g/mol. The van der Waals surface area contributed by atoms with Crippen molar-refractivity contribution in [2.75, 3.05) is 27.3 Å². The van der Waals surface area contributed by atoms with E-state index in [1.165, 1.54) is 0 Å². The van der Waals surface area contributed by atoms with E-state index in [2.05, 4.69) is 25.9 Å². The van der Waals surface area contributed by atoms with Gasteiger partial charge in [-0.15, -0.1) is 0 Å². The van der Waals surface area contributed by atoms with Gasteiger partial charge in [-0.05, 0) is 12.5 Å². The maximum atomic E-state index is 10.6. The first-order chi connectivity index (χ1) is 13.8. The Morgan fingerprint density at radius 1 is 1.14 bits per heavy atom. The summed E-state index contributed by atoms with van der Waals surface area (Å²) in [7, 11) is 3.32. The van der Waals surface area contributed by atoms with Crippen LogP contribution in [0.15, 0.2) is 24.7 Å². The molecule has 0 aromatic carbocycles. The van der Waals surface area contributed by atoms with Crippen molar-refractivity contribution < 1.29 is 32.5 Å². The van der Waals surface area contributed by atoms with Crippen molar-refractivity contribution in [2.45, 2.75) is 25.6 Å². The molecule has 2 aromatic heterocycles. The smallest absolute Gasteiger partial charge is 0.481 e. The van der Waals surface area contributed by atoms with Gasteiger partial charge in [-0.25, -0.2) is 19.7 Å². The summed E-state index contributed by atoms with van der Waals surface area (Å²) in [6, 6.07) is 4.00. The summed E-state index contributed by atoms with van der Waals surface area (Å²) in [5.41, 5.74) is 3.33. The zero-order valence-corrected chi connectivity index (χ0v) is 15.9. The molecule has 0 spiro atoms. The van der Waals surface area contributed by atoms with Crippen molar-refractivity contribution in [3.05, 3.63) is 41.5 Å². The van der Waals surface area contributed by atoms with E-state index in [9.17, 15) is 13.2 Å². The topological polar surface area (TPSA) is 97.7 Å². The number of ether oxygens (including phenoxy) is 2. The minimum atomic E-state index is -5.08. The predicted molar refractivity (Wildman–Crippen MR) is 95.7 cm³/mol. The molecule has 1 N–H and O–H groups in total. The second-order valence-electron chi connectivity index (χ2n) is 6.06. The van der Waals surface area contributed by atoms with E-state index in [1.54, 1.807) is 26.7 Å². The first kappa shape index (κ1) is 22.3. The summed E-state index contributed by atoms with van der Waals surface area (Å²) < 4.78 is 42.4. The Kier molecular flexibility index (Phi) is 7.71. The van der Waals surface area contributed by atoms with Crippen LogP contribution in [0.4, 0.5) is 13.2 Å². The molecule has 1 aliphatic rings. The summed E-state index contributed by atoms with van der Waals surface area (Å²) >= 11 is 0. The zero-order valence-electron chi connectivity index (χ0n) is 15.9. The highest BCUT2D eigenvalue weighted by Gasteiger charge is 2.38. The predicted octanol–water partition coefficient (Wildman–Crippen LogP) is 2.12. The number of methoxy groups -OCH3 is 2. The van der Waals surface area contributed by atoms with Crippen LogP contribution in [0.1, 0.15) is 16.8 Å². The van der Waals surface area contributed by atoms with Gasteiger partial charge in [-0.2, -0.15) is 13.2 Å². The van der Waals surface area contributed by atoms with Crippen LogP contribution in [-0.2, 0) is 24.2 Å². The molecule has 0 saturated heterocycles. The highest BCUT2D eigenvalue weighted by atomic mass is 19.4. The fourth-order valence-corrected chi connectivity index (χ4v) is 2.85. The van der Waals surface area contributed by atoms with E-state index in [0.29, 0.717) is 11.8 Å². The van der Waals surface area contributed by atoms with Gasteiger partial charge in [-0.3, -0.25) is 4.90 Å². The fourth-order valence-electron chi connectivity index (χ4n) is 2.85.